The first kappa shape index (κ1) is 14.2. The fourth-order valence-electron chi connectivity index (χ4n) is 1.66. The molecule has 0 unspecified atom stereocenters. The summed E-state index contributed by atoms with van der Waals surface area (Å²) in [7, 11) is 0. The minimum absolute atomic E-state index is 0.151. The lowest BCUT2D eigenvalue weighted by molar-refractivity contribution is -0.144. The van der Waals surface area contributed by atoms with Gasteiger partial charge in [-0.3, -0.25) is 14.3 Å². The van der Waals surface area contributed by atoms with Crippen LogP contribution in [0.15, 0.2) is 18.5 Å². The third-order valence-electron chi connectivity index (χ3n) is 2.38. The van der Waals surface area contributed by atoms with E-state index in [1.807, 2.05) is 13.8 Å². The number of aromatic nitrogens is 2. The van der Waals surface area contributed by atoms with E-state index in [1.165, 1.54) is 4.90 Å². The predicted octanol–water partition coefficient (Wildman–Crippen LogP) is 0.842. The highest BCUT2D eigenvalue weighted by molar-refractivity contribution is 5.81. The molecule has 1 N–H and O–H groups in total. The molecular weight excluding hydrogens is 234 g/mol. The molecule has 1 heterocycles. The second-order valence-corrected chi connectivity index (χ2v) is 4.58. The van der Waals surface area contributed by atoms with Crippen LogP contribution in [-0.2, 0) is 16.1 Å². The molecule has 18 heavy (non-hydrogen) atoms. The monoisotopic (exact) mass is 253 g/mol. The fraction of sp³-hybridized carbons (Fsp3) is 0.583. The molecule has 0 saturated carbocycles. The van der Waals surface area contributed by atoms with E-state index in [-0.39, 0.29) is 24.8 Å². The van der Waals surface area contributed by atoms with Crippen molar-refractivity contribution in [3.05, 3.63) is 18.5 Å². The Hall–Kier alpha value is -1.85. The molecule has 0 fully saturated rings. The van der Waals surface area contributed by atoms with Gasteiger partial charge in [0.05, 0.1) is 0 Å². The average Bonchev–Trinajstić information content (AvgIpc) is 2.76. The molecule has 0 atom stereocenters. The number of hydrogen-bond acceptors (Lipinski definition) is 3. The van der Waals surface area contributed by atoms with Gasteiger partial charge in [-0.25, -0.2) is 0 Å². The Morgan fingerprint density at radius 2 is 2.17 bits per heavy atom. The molecule has 0 aliphatic heterocycles. The Kier molecular flexibility index (Phi) is 5.35. The number of rotatable bonds is 7. The number of carboxylic acid groups (broad SMARTS) is 1. The van der Waals surface area contributed by atoms with Crippen LogP contribution < -0.4 is 0 Å². The van der Waals surface area contributed by atoms with Gasteiger partial charge in [-0.15, -0.1) is 0 Å². The molecule has 0 aliphatic carbocycles. The molecule has 6 heteroatoms. The molecule has 6 nitrogen and oxygen atoms in total. The normalized spacial score (nSPS) is 10.6. The average molecular weight is 253 g/mol. The van der Waals surface area contributed by atoms with Crippen molar-refractivity contribution in [1.29, 1.82) is 0 Å². The number of aliphatic carboxylic acids is 1. The van der Waals surface area contributed by atoms with Gasteiger partial charge in [0.1, 0.15) is 6.54 Å². The largest absolute Gasteiger partial charge is 0.480 e. The first-order chi connectivity index (χ1) is 8.49. The smallest absolute Gasteiger partial charge is 0.323 e. The predicted molar refractivity (Wildman–Crippen MR) is 65.9 cm³/mol. The molecule has 0 radical (unpaired) electrons. The molecule has 1 rings (SSSR count). The molecule has 0 aromatic carbocycles. The number of hydrogen-bond donors (Lipinski definition) is 1. The zero-order valence-corrected chi connectivity index (χ0v) is 10.7. The van der Waals surface area contributed by atoms with Crippen LogP contribution in [0.3, 0.4) is 0 Å². The second-order valence-electron chi connectivity index (χ2n) is 4.58. The van der Waals surface area contributed by atoms with Crippen LogP contribution in [0.4, 0.5) is 0 Å². The summed E-state index contributed by atoms with van der Waals surface area (Å²) < 4.78 is 1.66. The summed E-state index contributed by atoms with van der Waals surface area (Å²) in [5.41, 5.74) is 0. The SMILES string of the molecule is CC(C)CN(CC(=O)O)C(=O)CCn1cccn1. The standard InChI is InChI=1S/C12H19N3O3/c1-10(2)8-14(9-12(17)18)11(16)4-7-15-6-3-5-13-15/h3,5-6,10H,4,7-9H2,1-2H3,(H,17,18). The van der Waals surface area contributed by atoms with E-state index >= 15 is 0 Å². The number of aryl methyl sites for hydroxylation is 1. The summed E-state index contributed by atoms with van der Waals surface area (Å²) in [5, 5.41) is 12.8. The zero-order valence-electron chi connectivity index (χ0n) is 10.7. The summed E-state index contributed by atoms with van der Waals surface area (Å²) >= 11 is 0. The lowest BCUT2D eigenvalue weighted by atomic mass is 10.2. The van der Waals surface area contributed by atoms with Crippen LogP contribution in [0, 0.1) is 5.92 Å². The van der Waals surface area contributed by atoms with E-state index < -0.39 is 5.97 Å². The second kappa shape index (κ2) is 6.78. The third kappa shape index (κ3) is 4.99. The molecule has 1 amide bonds. The summed E-state index contributed by atoms with van der Waals surface area (Å²) in [6.07, 6.45) is 3.69. The van der Waals surface area contributed by atoms with Crippen molar-refractivity contribution in [3.8, 4) is 0 Å². The van der Waals surface area contributed by atoms with E-state index in [9.17, 15) is 9.59 Å². The van der Waals surface area contributed by atoms with Gasteiger partial charge in [0.15, 0.2) is 0 Å². The van der Waals surface area contributed by atoms with Gasteiger partial charge >= 0.3 is 5.97 Å². The number of carbonyl (C=O) groups is 2. The molecule has 0 spiro atoms. The first-order valence-corrected chi connectivity index (χ1v) is 5.96. The lowest BCUT2D eigenvalue weighted by Crippen LogP contribution is -2.38. The Balaban J connectivity index is 2.50. The Labute approximate surface area is 106 Å². The van der Waals surface area contributed by atoms with Gasteiger partial charge < -0.3 is 10.0 Å². The van der Waals surface area contributed by atoms with Crippen LogP contribution >= 0.6 is 0 Å². The molecule has 1 aromatic heterocycles. The van der Waals surface area contributed by atoms with E-state index in [0.717, 1.165) is 0 Å². The Bertz CT molecular complexity index is 387. The van der Waals surface area contributed by atoms with E-state index in [1.54, 1.807) is 23.1 Å². The summed E-state index contributed by atoms with van der Waals surface area (Å²) in [5.74, 6) is -0.886. The van der Waals surface area contributed by atoms with E-state index in [0.29, 0.717) is 13.1 Å². The van der Waals surface area contributed by atoms with Crippen LogP contribution in [0.1, 0.15) is 20.3 Å². The van der Waals surface area contributed by atoms with Crippen LogP contribution in [0.5, 0.6) is 0 Å². The minimum atomic E-state index is -0.983. The fourth-order valence-corrected chi connectivity index (χ4v) is 1.66. The maximum Gasteiger partial charge on any atom is 0.323 e. The van der Waals surface area contributed by atoms with Crippen molar-refractivity contribution in [2.75, 3.05) is 13.1 Å². The molecular formula is C12H19N3O3. The van der Waals surface area contributed by atoms with Gasteiger partial charge in [-0.1, -0.05) is 13.8 Å². The van der Waals surface area contributed by atoms with Crippen LogP contribution in [0.25, 0.3) is 0 Å². The van der Waals surface area contributed by atoms with Crippen molar-refractivity contribution >= 4 is 11.9 Å². The van der Waals surface area contributed by atoms with Gasteiger partial charge in [0.25, 0.3) is 0 Å². The molecule has 0 bridgehead atoms. The Morgan fingerprint density at radius 1 is 1.44 bits per heavy atom. The third-order valence-corrected chi connectivity index (χ3v) is 2.38. The van der Waals surface area contributed by atoms with Crippen molar-refractivity contribution in [2.45, 2.75) is 26.8 Å². The van der Waals surface area contributed by atoms with Crippen molar-refractivity contribution in [1.82, 2.24) is 14.7 Å². The lowest BCUT2D eigenvalue weighted by Gasteiger charge is -2.22. The first-order valence-electron chi connectivity index (χ1n) is 5.96. The number of carbonyl (C=O) groups excluding carboxylic acids is 1. The maximum atomic E-state index is 11.9. The minimum Gasteiger partial charge on any atom is -0.480 e. The van der Waals surface area contributed by atoms with E-state index in [4.69, 9.17) is 5.11 Å². The molecule has 1 aromatic rings. The number of nitrogens with zero attached hydrogens (tertiary/aromatic N) is 3. The van der Waals surface area contributed by atoms with Crippen molar-refractivity contribution in [3.63, 3.8) is 0 Å². The highest BCUT2D eigenvalue weighted by Crippen LogP contribution is 2.03. The van der Waals surface area contributed by atoms with E-state index in [2.05, 4.69) is 5.10 Å². The quantitative estimate of drug-likeness (QED) is 0.781. The topological polar surface area (TPSA) is 75.4 Å². The van der Waals surface area contributed by atoms with Crippen LogP contribution in [0.2, 0.25) is 0 Å². The number of amides is 1. The summed E-state index contributed by atoms with van der Waals surface area (Å²) in [6.45, 7) is 4.60. The maximum absolute atomic E-state index is 11.9. The molecule has 0 aliphatic rings. The highest BCUT2D eigenvalue weighted by atomic mass is 16.4. The van der Waals surface area contributed by atoms with Crippen LogP contribution in [-0.4, -0.2) is 44.8 Å². The summed E-state index contributed by atoms with van der Waals surface area (Å²) in [4.78, 5) is 24.0. The van der Waals surface area contributed by atoms with Gasteiger partial charge in [-0.05, 0) is 12.0 Å². The zero-order chi connectivity index (χ0) is 13.5. The molecule has 0 saturated heterocycles. The van der Waals surface area contributed by atoms with Gasteiger partial charge in [0, 0.05) is 31.9 Å². The van der Waals surface area contributed by atoms with Gasteiger partial charge in [0.2, 0.25) is 5.91 Å². The van der Waals surface area contributed by atoms with Gasteiger partial charge in [-0.2, -0.15) is 5.10 Å². The van der Waals surface area contributed by atoms with Crippen molar-refractivity contribution < 1.29 is 14.7 Å². The highest BCUT2D eigenvalue weighted by Gasteiger charge is 2.17. The Morgan fingerprint density at radius 3 is 2.67 bits per heavy atom. The summed E-state index contributed by atoms with van der Waals surface area (Å²) in [6, 6.07) is 1.79. The van der Waals surface area contributed by atoms with Crippen molar-refractivity contribution in [2.24, 2.45) is 5.92 Å². The molecule has 100 valence electrons. The number of carboxylic acids is 1.